The van der Waals surface area contributed by atoms with Crippen molar-refractivity contribution >= 4 is 17.5 Å². The van der Waals surface area contributed by atoms with Crippen LogP contribution in [0.1, 0.15) is 35.7 Å². The first-order valence-electron chi connectivity index (χ1n) is 11.2. The third kappa shape index (κ3) is 5.77. The molecule has 1 aliphatic rings. The summed E-state index contributed by atoms with van der Waals surface area (Å²) in [5, 5.41) is 3.81. The van der Waals surface area contributed by atoms with Gasteiger partial charge in [-0.3, -0.25) is 14.6 Å². The molecule has 0 saturated carbocycles. The first kappa shape index (κ1) is 22.5. The third-order valence-corrected chi connectivity index (χ3v) is 6.37. The van der Waals surface area contributed by atoms with Gasteiger partial charge in [0.15, 0.2) is 0 Å². The molecule has 166 valence electrons. The largest absolute Gasteiger partial charge is 0.348 e. The van der Waals surface area contributed by atoms with Gasteiger partial charge < -0.3 is 5.32 Å². The van der Waals surface area contributed by atoms with Crippen LogP contribution in [-0.4, -0.2) is 48.4 Å². The van der Waals surface area contributed by atoms with Crippen LogP contribution in [0.3, 0.4) is 0 Å². The smallest absolute Gasteiger partial charge is 0.234 e. The molecule has 0 aliphatic carbocycles. The quantitative estimate of drug-likeness (QED) is 0.558. The Morgan fingerprint density at radius 1 is 0.812 bits per heavy atom. The van der Waals surface area contributed by atoms with Crippen LogP contribution in [0.25, 0.3) is 0 Å². The summed E-state index contributed by atoms with van der Waals surface area (Å²) in [4.78, 5) is 17.4. The number of rotatable bonds is 7. The summed E-state index contributed by atoms with van der Waals surface area (Å²) in [5.41, 5.74) is 3.67. The summed E-state index contributed by atoms with van der Waals surface area (Å²) in [7, 11) is 0. The van der Waals surface area contributed by atoms with E-state index in [4.69, 9.17) is 11.6 Å². The lowest BCUT2D eigenvalue weighted by Gasteiger charge is -2.39. The molecule has 1 amide bonds. The lowest BCUT2D eigenvalue weighted by molar-refractivity contribution is -0.123. The van der Waals surface area contributed by atoms with E-state index in [9.17, 15) is 4.79 Å². The van der Waals surface area contributed by atoms with Crippen molar-refractivity contribution in [3.05, 3.63) is 107 Å². The zero-order chi connectivity index (χ0) is 22.3. The molecule has 4 rings (SSSR count). The van der Waals surface area contributed by atoms with Crippen molar-refractivity contribution in [2.45, 2.75) is 19.0 Å². The maximum atomic E-state index is 12.6. The van der Waals surface area contributed by atoms with E-state index in [2.05, 4.69) is 75.8 Å². The van der Waals surface area contributed by atoms with E-state index in [-0.39, 0.29) is 18.0 Å². The molecule has 3 aromatic rings. The Bertz CT molecular complexity index is 947. The van der Waals surface area contributed by atoms with Gasteiger partial charge in [-0.25, -0.2) is 0 Å². The zero-order valence-electron chi connectivity index (χ0n) is 18.5. The minimum Gasteiger partial charge on any atom is -0.348 e. The highest BCUT2D eigenvalue weighted by Gasteiger charge is 2.27. The van der Waals surface area contributed by atoms with Crippen molar-refractivity contribution in [2.75, 3.05) is 32.7 Å². The zero-order valence-corrected chi connectivity index (χ0v) is 19.2. The Morgan fingerprint density at radius 2 is 1.34 bits per heavy atom. The lowest BCUT2D eigenvalue weighted by atomic mass is 9.96. The molecule has 0 bridgehead atoms. The Labute approximate surface area is 195 Å². The van der Waals surface area contributed by atoms with Crippen LogP contribution in [0.5, 0.6) is 0 Å². The molecule has 1 unspecified atom stereocenters. The maximum Gasteiger partial charge on any atom is 0.234 e. The summed E-state index contributed by atoms with van der Waals surface area (Å²) in [6.45, 7) is 6.03. The Kier molecular flexibility index (Phi) is 7.59. The monoisotopic (exact) mass is 447 g/mol. The predicted molar refractivity (Wildman–Crippen MR) is 131 cm³/mol. The van der Waals surface area contributed by atoms with Crippen molar-refractivity contribution in [2.24, 2.45) is 0 Å². The van der Waals surface area contributed by atoms with Crippen LogP contribution in [-0.2, 0) is 4.79 Å². The van der Waals surface area contributed by atoms with Gasteiger partial charge in [-0.15, -0.1) is 0 Å². The minimum atomic E-state index is -0.0402. The lowest BCUT2D eigenvalue weighted by Crippen LogP contribution is -2.50. The van der Waals surface area contributed by atoms with E-state index >= 15 is 0 Å². The first-order chi connectivity index (χ1) is 15.6. The van der Waals surface area contributed by atoms with Gasteiger partial charge >= 0.3 is 0 Å². The molecule has 1 N–H and O–H groups in total. The number of nitrogens with zero attached hydrogens (tertiary/aromatic N) is 2. The first-order valence-corrected chi connectivity index (χ1v) is 11.6. The number of hydrogen-bond acceptors (Lipinski definition) is 3. The van der Waals surface area contributed by atoms with Gasteiger partial charge in [0.2, 0.25) is 5.91 Å². The molecular formula is C27H30ClN3O. The Morgan fingerprint density at radius 3 is 1.88 bits per heavy atom. The minimum absolute atomic E-state index is 0.0402. The van der Waals surface area contributed by atoms with Crippen LogP contribution < -0.4 is 5.32 Å². The summed E-state index contributed by atoms with van der Waals surface area (Å²) in [5.74, 6) is 0.0589. The number of halogens is 1. The van der Waals surface area contributed by atoms with Gasteiger partial charge in [0.1, 0.15) is 0 Å². The number of hydrogen-bond donors (Lipinski definition) is 1. The summed E-state index contributed by atoms with van der Waals surface area (Å²) < 4.78 is 0. The average molecular weight is 448 g/mol. The summed E-state index contributed by atoms with van der Waals surface area (Å²) in [6.07, 6.45) is 0. The SMILES string of the molecule is CC(NC(=O)CN1CCN(C(c2ccccc2)c2ccccc2)CC1)c1ccc(Cl)cc1. The van der Waals surface area contributed by atoms with Crippen LogP contribution in [0.15, 0.2) is 84.9 Å². The topological polar surface area (TPSA) is 35.6 Å². The molecule has 1 saturated heterocycles. The average Bonchev–Trinajstić information content (AvgIpc) is 2.82. The third-order valence-electron chi connectivity index (χ3n) is 6.12. The standard InChI is InChI=1S/C27H30ClN3O/c1-21(22-12-14-25(28)15-13-22)29-26(32)20-30-16-18-31(19-17-30)27(23-8-4-2-5-9-23)24-10-6-3-7-11-24/h2-15,21,27H,16-20H2,1H3,(H,29,32). The number of carbonyl (C=O) groups is 1. The van der Waals surface area contributed by atoms with E-state index in [0.717, 1.165) is 31.7 Å². The molecule has 32 heavy (non-hydrogen) atoms. The van der Waals surface area contributed by atoms with Gasteiger partial charge in [0.05, 0.1) is 18.6 Å². The number of nitrogens with one attached hydrogen (secondary N) is 1. The fraction of sp³-hybridized carbons (Fsp3) is 0.296. The van der Waals surface area contributed by atoms with E-state index < -0.39 is 0 Å². The maximum absolute atomic E-state index is 12.6. The highest BCUT2D eigenvalue weighted by atomic mass is 35.5. The molecule has 1 atom stereocenters. The van der Waals surface area contributed by atoms with Gasteiger partial charge in [0.25, 0.3) is 0 Å². The molecule has 1 fully saturated rings. The van der Waals surface area contributed by atoms with Crippen molar-refractivity contribution in [3.8, 4) is 0 Å². The fourth-order valence-electron chi connectivity index (χ4n) is 4.39. The van der Waals surface area contributed by atoms with Gasteiger partial charge in [-0.05, 0) is 35.7 Å². The van der Waals surface area contributed by atoms with E-state index in [1.165, 1.54) is 11.1 Å². The second kappa shape index (κ2) is 10.8. The second-order valence-corrected chi connectivity index (χ2v) is 8.81. The number of benzene rings is 3. The van der Waals surface area contributed by atoms with Gasteiger partial charge in [0, 0.05) is 31.2 Å². The number of carbonyl (C=O) groups excluding carboxylic acids is 1. The van der Waals surface area contributed by atoms with Crippen molar-refractivity contribution < 1.29 is 4.79 Å². The van der Waals surface area contributed by atoms with Crippen molar-refractivity contribution in [3.63, 3.8) is 0 Å². The number of piperazine rings is 1. The Hall–Kier alpha value is -2.66. The molecule has 3 aromatic carbocycles. The summed E-state index contributed by atoms with van der Waals surface area (Å²) in [6, 6.07) is 29.2. The summed E-state index contributed by atoms with van der Waals surface area (Å²) >= 11 is 5.97. The van der Waals surface area contributed by atoms with Crippen molar-refractivity contribution in [1.82, 2.24) is 15.1 Å². The molecule has 1 heterocycles. The highest BCUT2D eigenvalue weighted by molar-refractivity contribution is 6.30. The van der Waals surface area contributed by atoms with Crippen molar-refractivity contribution in [1.29, 1.82) is 0 Å². The van der Waals surface area contributed by atoms with E-state index in [1.54, 1.807) is 0 Å². The molecule has 0 radical (unpaired) electrons. The number of amides is 1. The van der Waals surface area contributed by atoms with E-state index in [1.807, 2.05) is 31.2 Å². The normalized spacial score (nSPS) is 16.1. The van der Waals surface area contributed by atoms with Crippen LogP contribution in [0.2, 0.25) is 5.02 Å². The van der Waals surface area contributed by atoms with Crippen LogP contribution >= 0.6 is 11.6 Å². The van der Waals surface area contributed by atoms with Gasteiger partial charge in [-0.2, -0.15) is 0 Å². The predicted octanol–water partition coefficient (Wildman–Crippen LogP) is 4.92. The molecule has 1 aliphatic heterocycles. The molecule has 4 nitrogen and oxygen atoms in total. The Balaban J connectivity index is 1.34. The highest BCUT2D eigenvalue weighted by Crippen LogP contribution is 2.29. The second-order valence-electron chi connectivity index (χ2n) is 8.38. The van der Waals surface area contributed by atoms with Gasteiger partial charge in [-0.1, -0.05) is 84.4 Å². The molecular weight excluding hydrogens is 418 g/mol. The molecule has 0 aromatic heterocycles. The van der Waals surface area contributed by atoms with Crippen LogP contribution in [0.4, 0.5) is 0 Å². The van der Waals surface area contributed by atoms with E-state index in [0.29, 0.717) is 11.6 Å². The molecule has 5 heteroatoms. The fourth-order valence-corrected chi connectivity index (χ4v) is 4.52. The van der Waals surface area contributed by atoms with Crippen LogP contribution in [0, 0.1) is 0 Å². The molecule has 0 spiro atoms.